The summed E-state index contributed by atoms with van der Waals surface area (Å²) in [6, 6.07) is 23.3. The molecule has 0 saturated heterocycles. The molecule has 0 aliphatic carbocycles. The van der Waals surface area contributed by atoms with Gasteiger partial charge in [0.25, 0.3) is 0 Å². The molecule has 0 atom stereocenters. The Balaban J connectivity index is 1.57. The highest BCUT2D eigenvalue weighted by Gasteiger charge is 2.21. The summed E-state index contributed by atoms with van der Waals surface area (Å²) in [5.74, 6) is 0.953. The molecule has 176 valence electrons. The Hall–Kier alpha value is -3.15. The normalized spacial score (nSPS) is 11.6. The first kappa shape index (κ1) is 24.0. The number of ketones is 1. The predicted octanol–water partition coefficient (Wildman–Crippen LogP) is 7.00. The number of phenols is 1. The van der Waals surface area contributed by atoms with Crippen LogP contribution in [-0.2, 0) is 0 Å². The van der Waals surface area contributed by atoms with Gasteiger partial charge in [-0.25, -0.2) is 0 Å². The SMILES string of the molecule is CC(C)N(CCOc1ccc(C(=O)c2c(-c3ccc(O)cc3)sc3ccccc23)cc1)C(C)C. The van der Waals surface area contributed by atoms with Crippen LogP contribution in [0.5, 0.6) is 11.5 Å². The van der Waals surface area contributed by atoms with Crippen LogP contribution in [0.15, 0.2) is 72.8 Å². The average molecular weight is 474 g/mol. The summed E-state index contributed by atoms with van der Waals surface area (Å²) in [6.45, 7) is 10.2. The molecule has 0 saturated carbocycles. The van der Waals surface area contributed by atoms with Crippen molar-refractivity contribution in [2.45, 2.75) is 39.8 Å². The second kappa shape index (κ2) is 10.4. The molecule has 1 N–H and O–H groups in total. The third-order valence-electron chi connectivity index (χ3n) is 6.01. The number of ether oxygens (including phenoxy) is 1. The number of nitrogens with zero attached hydrogens (tertiary/aromatic N) is 1. The number of hydrogen-bond acceptors (Lipinski definition) is 5. The van der Waals surface area contributed by atoms with E-state index < -0.39 is 0 Å². The van der Waals surface area contributed by atoms with Crippen LogP contribution < -0.4 is 4.74 Å². The van der Waals surface area contributed by atoms with Gasteiger partial charge in [-0.1, -0.05) is 18.2 Å². The zero-order chi connectivity index (χ0) is 24.2. The van der Waals surface area contributed by atoms with Gasteiger partial charge in [-0.15, -0.1) is 11.3 Å². The molecule has 0 aliphatic heterocycles. The Morgan fingerprint density at radius 1 is 0.912 bits per heavy atom. The Labute approximate surface area is 205 Å². The van der Waals surface area contributed by atoms with Gasteiger partial charge in [0.1, 0.15) is 18.1 Å². The minimum Gasteiger partial charge on any atom is -0.508 e. The fourth-order valence-electron chi connectivity index (χ4n) is 4.32. The predicted molar refractivity (Wildman–Crippen MR) is 141 cm³/mol. The van der Waals surface area contributed by atoms with Gasteiger partial charge in [0, 0.05) is 44.7 Å². The van der Waals surface area contributed by atoms with Crippen LogP contribution in [0.4, 0.5) is 0 Å². The first-order valence-electron chi connectivity index (χ1n) is 11.7. The smallest absolute Gasteiger partial charge is 0.195 e. The number of phenolic OH excluding ortho intramolecular Hbond substituents is 1. The molecule has 0 aliphatic rings. The van der Waals surface area contributed by atoms with Crippen molar-refractivity contribution >= 4 is 27.2 Å². The second-order valence-electron chi connectivity index (χ2n) is 8.98. The van der Waals surface area contributed by atoms with Crippen LogP contribution in [0.1, 0.15) is 43.6 Å². The first-order valence-corrected chi connectivity index (χ1v) is 12.5. The van der Waals surface area contributed by atoms with E-state index in [1.54, 1.807) is 23.5 Å². The quantitative estimate of drug-likeness (QED) is 0.266. The molecule has 4 aromatic rings. The number of carbonyl (C=O) groups excluding carboxylic acids is 1. The van der Waals surface area contributed by atoms with Gasteiger partial charge in [-0.3, -0.25) is 9.69 Å². The lowest BCUT2D eigenvalue weighted by molar-refractivity contribution is 0.104. The van der Waals surface area contributed by atoms with Gasteiger partial charge in [0.2, 0.25) is 0 Å². The number of thiophene rings is 1. The van der Waals surface area contributed by atoms with Crippen molar-refractivity contribution in [2.24, 2.45) is 0 Å². The van der Waals surface area contributed by atoms with Gasteiger partial charge in [0.15, 0.2) is 5.78 Å². The van der Waals surface area contributed by atoms with E-state index >= 15 is 0 Å². The van der Waals surface area contributed by atoms with Crippen molar-refractivity contribution in [1.82, 2.24) is 4.90 Å². The van der Waals surface area contributed by atoms with Crippen molar-refractivity contribution in [3.05, 3.63) is 83.9 Å². The summed E-state index contributed by atoms with van der Waals surface area (Å²) in [4.78, 5) is 17.0. The van der Waals surface area contributed by atoms with Crippen molar-refractivity contribution in [3.8, 4) is 21.9 Å². The van der Waals surface area contributed by atoms with Crippen molar-refractivity contribution in [1.29, 1.82) is 0 Å². The molecule has 3 aromatic carbocycles. The molecule has 0 unspecified atom stereocenters. The fraction of sp³-hybridized carbons (Fsp3) is 0.276. The summed E-state index contributed by atoms with van der Waals surface area (Å²) in [6.07, 6.45) is 0. The fourth-order valence-corrected chi connectivity index (χ4v) is 5.52. The van der Waals surface area contributed by atoms with E-state index in [2.05, 4.69) is 32.6 Å². The molecule has 4 nitrogen and oxygen atoms in total. The van der Waals surface area contributed by atoms with Crippen molar-refractivity contribution in [3.63, 3.8) is 0 Å². The topological polar surface area (TPSA) is 49.8 Å². The average Bonchev–Trinajstić information content (AvgIpc) is 3.21. The molecule has 0 radical (unpaired) electrons. The van der Waals surface area contributed by atoms with E-state index in [0.717, 1.165) is 32.8 Å². The number of rotatable bonds is 9. The summed E-state index contributed by atoms with van der Waals surface area (Å²) in [5, 5.41) is 10.6. The second-order valence-corrected chi connectivity index (χ2v) is 10.0. The largest absolute Gasteiger partial charge is 0.508 e. The maximum atomic E-state index is 13.7. The highest BCUT2D eigenvalue weighted by atomic mass is 32.1. The molecule has 0 bridgehead atoms. The van der Waals surface area contributed by atoms with Crippen LogP contribution >= 0.6 is 11.3 Å². The van der Waals surface area contributed by atoms with Crippen LogP contribution in [0.2, 0.25) is 0 Å². The van der Waals surface area contributed by atoms with Crippen LogP contribution in [-0.4, -0.2) is 41.0 Å². The number of hydrogen-bond donors (Lipinski definition) is 1. The Morgan fingerprint density at radius 2 is 1.56 bits per heavy atom. The summed E-state index contributed by atoms with van der Waals surface area (Å²) >= 11 is 1.60. The lowest BCUT2D eigenvalue weighted by Crippen LogP contribution is -2.39. The number of carbonyl (C=O) groups is 1. The summed E-state index contributed by atoms with van der Waals surface area (Å²) in [7, 11) is 0. The van der Waals surface area contributed by atoms with E-state index in [-0.39, 0.29) is 11.5 Å². The van der Waals surface area contributed by atoms with Gasteiger partial charge < -0.3 is 9.84 Å². The van der Waals surface area contributed by atoms with Crippen molar-refractivity contribution in [2.75, 3.05) is 13.2 Å². The van der Waals surface area contributed by atoms with Gasteiger partial charge in [-0.05, 0) is 87.9 Å². The number of fused-ring (bicyclic) bond motifs is 1. The van der Waals surface area contributed by atoms with Crippen LogP contribution in [0.3, 0.4) is 0 Å². The lowest BCUT2D eigenvalue weighted by Gasteiger charge is -2.30. The minimum absolute atomic E-state index is 0.0159. The lowest BCUT2D eigenvalue weighted by atomic mass is 9.97. The van der Waals surface area contributed by atoms with E-state index in [1.165, 1.54) is 0 Å². The number of benzene rings is 3. The van der Waals surface area contributed by atoms with E-state index in [0.29, 0.717) is 29.8 Å². The highest BCUT2D eigenvalue weighted by Crippen LogP contribution is 2.40. The maximum Gasteiger partial charge on any atom is 0.195 e. The van der Waals surface area contributed by atoms with E-state index in [4.69, 9.17) is 4.74 Å². The molecule has 0 spiro atoms. The van der Waals surface area contributed by atoms with Gasteiger partial charge >= 0.3 is 0 Å². The Kier molecular flexibility index (Phi) is 7.35. The van der Waals surface area contributed by atoms with Gasteiger partial charge in [0.05, 0.1) is 0 Å². The monoisotopic (exact) mass is 473 g/mol. The molecule has 1 heterocycles. The Bertz CT molecular complexity index is 1250. The van der Waals surface area contributed by atoms with Crippen LogP contribution in [0.25, 0.3) is 20.5 Å². The number of aromatic hydroxyl groups is 1. The zero-order valence-electron chi connectivity index (χ0n) is 20.1. The third kappa shape index (κ3) is 5.16. The molecule has 0 fully saturated rings. The summed E-state index contributed by atoms with van der Waals surface area (Å²) in [5.41, 5.74) is 2.24. The molecule has 34 heavy (non-hydrogen) atoms. The molecule has 5 heteroatoms. The first-order chi connectivity index (χ1) is 16.3. The standard InChI is InChI=1S/C29H31NO3S/c1-19(2)30(20(3)4)17-18-33-24-15-11-21(12-16-24)28(32)27-25-7-5-6-8-26(25)34-29(27)22-9-13-23(31)14-10-22/h5-16,19-20,31H,17-18H2,1-4H3. The Morgan fingerprint density at radius 3 is 2.21 bits per heavy atom. The van der Waals surface area contributed by atoms with E-state index in [1.807, 2.05) is 60.7 Å². The zero-order valence-corrected chi connectivity index (χ0v) is 20.9. The highest BCUT2D eigenvalue weighted by molar-refractivity contribution is 7.22. The molecular weight excluding hydrogens is 442 g/mol. The molecular formula is C29H31NO3S. The van der Waals surface area contributed by atoms with Crippen LogP contribution in [0, 0.1) is 0 Å². The van der Waals surface area contributed by atoms with Crippen molar-refractivity contribution < 1.29 is 14.6 Å². The summed E-state index contributed by atoms with van der Waals surface area (Å²) < 4.78 is 7.03. The van der Waals surface area contributed by atoms with E-state index in [9.17, 15) is 9.90 Å². The molecule has 1 aromatic heterocycles. The molecule has 4 rings (SSSR count). The van der Waals surface area contributed by atoms with Gasteiger partial charge in [-0.2, -0.15) is 0 Å². The maximum absolute atomic E-state index is 13.7. The third-order valence-corrected chi connectivity index (χ3v) is 7.23. The molecule has 0 amide bonds. The minimum atomic E-state index is -0.0159.